The van der Waals surface area contributed by atoms with Gasteiger partial charge in [0.15, 0.2) is 0 Å². The van der Waals surface area contributed by atoms with E-state index in [1.54, 1.807) is 0 Å². The molecule has 0 aliphatic carbocycles. The largest absolute Gasteiger partial charge is 0.490 e. The van der Waals surface area contributed by atoms with Crippen molar-refractivity contribution in [3.05, 3.63) is 0 Å². The summed E-state index contributed by atoms with van der Waals surface area (Å²) in [7, 11) is 0. The van der Waals surface area contributed by atoms with Gasteiger partial charge in [-0.05, 0) is 0 Å². The molecule has 0 aromatic rings. The van der Waals surface area contributed by atoms with Crippen LogP contribution in [-0.4, -0.2) is 31.5 Å². The number of epoxide rings is 1. The zero-order valence-electron chi connectivity index (χ0n) is 5.35. The molecule has 1 unspecified atom stereocenters. The van der Waals surface area contributed by atoms with Crippen molar-refractivity contribution in [2.75, 3.05) is 13.2 Å². The number of alkyl halides is 3. The highest BCUT2D eigenvalue weighted by Crippen LogP contribution is 2.18. The van der Waals surface area contributed by atoms with Crippen LogP contribution in [0.25, 0.3) is 0 Å². The Balaban J connectivity index is 2.19. The first-order chi connectivity index (χ1) is 5.00. The van der Waals surface area contributed by atoms with Crippen LogP contribution >= 0.6 is 0 Å². The fourth-order valence-corrected chi connectivity index (χ4v) is 0.415. The molecule has 1 fully saturated rings. The van der Waals surface area contributed by atoms with Gasteiger partial charge in [-0.2, -0.15) is 13.2 Å². The van der Waals surface area contributed by atoms with Gasteiger partial charge in [-0.15, -0.1) is 0 Å². The van der Waals surface area contributed by atoms with Crippen LogP contribution in [-0.2, 0) is 14.3 Å². The topological polar surface area (TPSA) is 38.8 Å². The van der Waals surface area contributed by atoms with Gasteiger partial charge in [-0.25, -0.2) is 4.79 Å². The van der Waals surface area contributed by atoms with Crippen molar-refractivity contribution in [3.63, 3.8) is 0 Å². The molecule has 1 heterocycles. The Morgan fingerprint density at radius 2 is 2.18 bits per heavy atom. The van der Waals surface area contributed by atoms with E-state index in [9.17, 15) is 18.0 Å². The van der Waals surface area contributed by atoms with E-state index in [-0.39, 0.29) is 12.7 Å². The first kappa shape index (κ1) is 8.32. The SMILES string of the molecule is O=C(OCC1CO1)C(F)(F)F. The molecule has 0 N–H and O–H groups in total. The van der Waals surface area contributed by atoms with E-state index in [0.29, 0.717) is 6.61 Å². The summed E-state index contributed by atoms with van der Waals surface area (Å²) in [6, 6.07) is 0. The Hall–Kier alpha value is -0.780. The molecule has 0 aromatic heterocycles. The zero-order valence-corrected chi connectivity index (χ0v) is 5.35. The van der Waals surface area contributed by atoms with Crippen LogP contribution in [0.3, 0.4) is 0 Å². The number of ether oxygens (including phenoxy) is 2. The lowest BCUT2D eigenvalue weighted by molar-refractivity contribution is -0.200. The third kappa shape index (κ3) is 2.75. The molecule has 1 rings (SSSR count). The zero-order chi connectivity index (χ0) is 8.48. The lowest BCUT2D eigenvalue weighted by Crippen LogP contribution is -2.26. The molecular formula is C5H5F3O3. The fraction of sp³-hybridized carbons (Fsp3) is 0.800. The Labute approximate surface area is 60.1 Å². The summed E-state index contributed by atoms with van der Waals surface area (Å²) in [5.74, 6) is -2.16. The van der Waals surface area contributed by atoms with Gasteiger partial charge < -0.3 is 9.47 Å². The normalized spacial score (nSPS) is 23.0. The van der Waals surface area contributed by atoms with E-state index in [1.807, 2.05) is 0 Å². The van der Waals surface area contributed by atoms with Gasteiger partial charge in [0.25, 0.3) is 0 Å². The number of carbonyl (C=O) groups excluding carboxylic acids is 1. The second-order valence-electron chi connectivity index (χ2n) is 2.05. The number of carbonyl (C=O) groups is 1. The third-order valence-corrected chi connectivity index (χ3v) is 1.03. The third-order valence-electron chi connectivity index (χ3n) is 1.03. The lowest BCUT2D eigenvalue weighted by Gasteiger charge is -2.04. The molecule has 1 aliphatic rings. The number of hydrogen-bond donors (Lipinski definition) is 0. The van der Waals surface area contributed by atoms with Crippen LogP contribution in [0.2, 0.25) is 0 Å². The summed E-state index contributed by atoms with van der Waals surface area (Å²) in [5, 5.41) is 0. The Morgan fingerprint density at radius 3 is 2.55 bits per heavy atom. The minimum atomic E-state index is -4.89. The Kier molecular flexibility index (Phi) is 2.03. The van der Waals surface area contributed by atoms with E-state index in [4.69, 9.17) is 0 Å². The van der Waals surface area contributed by atoms with Gasteiger partial charge in [0, 0.05) is 0 Å². The maximum Gasteiger partial charge on any atom is 0.490 e. The molecule has 3 nitrogen and oxygen atoms in total. The van der Waals surface area contributed by atoms with Crippen molar-refractivity contribution in [2.24, 2.45) is 0 Å². The highest BCUT2D eigenvalue weighted by molar-refractivity contribution is 5.75. The lowest BCUT2D eigenvalue weighted by atomic mass is 10.5. The average Bonchev–Trinajstić information content (AvgIpc) is 2.62. The predicted octanol–water partition coefficient (Wildman–Crippen LogP) is 0.491. The van der Waals surface area contributed by atoms with Gasteiger partial charge in [-0.3, -0.25) is 0 Å². The van der Waals surface area contributed by atoms with E-state index >= 15 is 0 Å². The summed E-state index contributed by atoms with van der Waals surface area (Å²) in [5.41, 5.74) is 0. The summed E-state index contributed by atoms with van der Waals surface area (Å²) in [6.07, 6.45) is -5.23. The second kappa shape index (κ2) is 2.69. The summed E-state index contributed by atoms with van der Waals surface area (Å²) in [6.45, 7) is 0.0590. The molecule has 0 radical (unpaired) electrons. The first-order valence-electron chi connectivity index (χ1n) is 2.85. The van der Waals surface area contributed by atoms with Crippen LogP contribution in [0.5, 0.6) is 0 Å². The molecule has 0 amide bonds. The minimum absolute atomic E-state index is 0.307. The highest BCUT2D eigenvalue weighted by atomic mass is 19.4. The smallest absolute Gasteiger partial charge is 0.456 e. The van der Waals surface area contributed by atoms with E-state index in [0.717, 1.165) is 0 Å². The fourth-order valence-electron chi connectivity index (χ4n) is 0.415. The van der Waals surface area contributed by atoms with Crippen molar-refractivity contribution in [1.29, 1.82) is 0 Å². The summed E-state index contributed by atoms with van der Waals surface area (Å²) >= 11 is 0. The molecule has 0 saturated carbocycles. The summed E-state index contributed by atoms with van der Waals surface area (Å²) < 4.78 is 42.6. The van der Waals surface area contributed by atoms with Gasteiger partial charge in [0.1, 0.15) is 12.7 Å². The molecule has 1 saturated heterocycles. The number of halogens is 3. The van der Waals surface area contributed by atoms with Gasteiger partial charge in [0.05, 0.1) is 6.61 Å². The Morgan fingerprint density at radius 1 is 1.64 bits per heavy atom. The molecule has 0 bridgehead atoms. The molecule has 64 valence electrons. The van der Waals surface area contributed by atoms with E-state index in [1.165, 1.54) is 0 Å². The standard InChI is InChI=1S/C5H5F3O3/c6-5(7,8)4(9)11-2-3-1-10-3/h3H,1-2H2. The molecule has 11 heavy (non-hydrogen) atoms. The number of hydrogen-bond acceptors (Lipinski definition) is 3. The molecule has 6 heteroatoms. The van der Waals surface area contributed by atoms with Crippen LogP contribution in [0.1, 0.15) is 0 Å². The molecule has 0 aromatic carbocycles. The van der Waals surface area contributed by atoms with Crippen molar-refractivity contribution in [2.45, 2.75) is 12.3 Å². The molecule has 1 aliphatic heterocycles. The molecule has 1 atom stereocenters. The Bertz CT molecular complexity index is 161. The van der Waals surface area contributed by atoms with E-state index < -0.39 is 12.1 Å². The average molecular weight is 170 g/mol. The molecular weight excluding hydrogens is 165 g/mol. The maximum absolute atomic E-state index is 11.4. The minimum Gasteiger partial charge on any atom is -0.456 e. The van der Waals surface area contributed by atoms with Gasteiger partial charge in [-0.1, -0.05) is 0 Å². The highest BCUT2D eigenvalue weighted by Gasteiger charge is 2.41. The van der Waals surface area contributed by atoms with Crippen LogP contribution in [0.4, 0.5) is 13.2 Å². The van der Waals surface area contributed by atoms with Crippen LogP contribution in [0.15, 0.2) is 0 Å². The van der Waals surface area contributed by atoms with Gasteiger partial charge in [0.2, 0.25) is 0 Å². The first-order valence-corrected chi connectivity index (χ1v) is 2.85. The second-order valence-corrected chi connectivity index (χ2v) is 2.05. The van der Waals surface area contributed by atoms with Gasteiger partial charge >= 0.3 is 12.1 Å². The van der Waals surface area contributed by atoms with Crippen LogP contribution in [0, 0.1) is 0 Å². The van der Waals surface area contributed by atoms with Crippen molar-refractivity contribution in [3.8, 4) is 0 Å². The number of esters is 1. The quantitative estimate of drug-likeness (QED) is 0.447. The predicted molar refractivity (Wildman–Crippen MR) is 26.8 cm³/mol. The van der Waals surface area contributed by atoms with E-state index in [2.05, 4.69) is 9.47 Å². The van der Waals surface area contributed by atoms with Crippen molar-refractivity contribution < 1.29 is 27.4 Å². The van der Waals surface area contributed by atoms with Crippen molar-refractivity contribution >= 4 is 5.97 Å². The van der Waals surface area contributed by atoms with Crippen molar-refractivity contribution in [1.82, 2.24) is 0 Å². The number of rotatable bonds is 2. The van der Waals surface area contributed by atoms with Crippen LogP contribution < -0.4 is 0 Å². The molecule has 0 spiro atoms. The maximum atomic E-state index is 11.4. The monoisotopic (exact) mass is 170 g/mol. The summed E-state index contributed by atoms with van der Waals surface area (Å²) in [4.78, 5) is 9.99.